The minimum absolute atomic E-state index is 0.259. The third kappa shape index (κ3) is 2.95. The zero-order valence-electron chi connectivity index (χ0n) is 17.6. The van der Waals surface area contributed by atoms with Gasteiger partial charge >= 0.3 is 0 Å². The number of rotatable bonds is 2. The van der Waals surface area contributed by atoms with Crippen LogP contribution in [0.15, 0.2) is 53.4 Å². The van der Waals surface area contributed by atoms with Gasteiger partial charge in [0.25, 0.3) is 0 Å². The standard InChI is InChI=1S/C24H28N4O2S/c1-15-5-4-7-18-19(28-14-17-11-20(28)23(17)25)12-22(26-24(15)18)27-9-10-31(29,30)21-8-3-2-6-16(21)13-27/h2-8,12,17,20,23,29-30H,9-11,13-14,25H2,1H3. The summed E-state index contributed by atoms with van der Waals surface area (Å²) in [5.74, 6) is 1.78. The van der Waals surface area contributed by atoms with Gasteiger partial charge in [-0.3, -0.25) is 9.11 Å². The smallest absolute Gasteiger partial charge is 0.131 e. The van der Waals surface area contributed by atoms with Gasteiger partial charge in [0.05, 0.1) is 21.9 Å². The Morgan fingerprint density at radius 1 is 1.13 bits per heavy atom. The fourth-order valence-corrected chi connectivity index (χ4v) is 7.02. The Balaban J connectivity index is 1.47. The van der Waals surface area contributed by atoms with Gasteiger partial charge in [0.1, 0.15) is 5.82 Å². The molecule has 162 valence electrons. The Labute approximate surface area is 184 Å². The Hall–Kier alpha value is -2.32. The maximum absolute atomic E-state index is 10.8. The highest BCUT2D eigenvalue weighted by molar-refractivity contribution is 8.24. The summed E-state index contributed by atoms with van der Waals surface area (Å²) in [6.07, 6.45) is 1.17. The predicted molar refractivity (Wildman–Crippen MR) is 127 cm³/mol. The molecule has 0 spiro atoms. The minimum Gasteiger partial charge on any atom is -0.366 e. The molecule has 3 fully saturated rings. The Kier molecular flexibility index (Phi) is 4.27. The van der Waals surface area contributed by atoms with Gasteiger partial charge in [0.15, 0.2) is 0 Å². The first-order valence-corrected chi connectivity index (χ1v) is 12.7. The van der Waals surface area contributed by atoms with Crippen molar-refractivity contribution in [1.82, 2.24) is 4.98 Å². The first-order valence-electron chi connectivity index (χ1n) is 10.9. The first-order chi connectivity index (χ1) is 14.9. The lowest BCUT2D eigenvalue weighted by Crippen LogP contribution is -2.49. The van der Waals surface area contributed by atoms with Gasteiger partial charge in [0, 0.05) is 43.2 Å². The summed E-state index contributed by atoms with van der Waals surface area (Å²) >= 11 is 0. The summed E-state index contributed by atoms with van der Waals surface area (Å²) in [6, 6.07) is 16.9. The van der Waals surface area contributed by atoms with Crippen molar-refractivity contribution in [3.05, 3.63) is 59.7 Å². The summed E-state index contributed by atoms with van der Waals surface area (Å²) < 4.78 is 21.5. The Morgan fingerprint density at radius 3 is 2.74 bits per heavy atom. The molecule has 7 rings (SSSR count). The zero-order valence-corrected chi connectivity index (χ0v) is 18.4. The predicted octanol–water partition coefficient (Wildman–Crippen LogP) is 4.21. The van der Waals surface area contributed by atoms with Crippen LogP contribution in [0.2, 0.25) is 0 Å². The summed E-state index contributed by atoms with van der Waals surface area (Å²) in [4.78, 5) is 10.4. The van der Waals surface area contributed by atoms with Crippen LogP contribution in [0.4, 0.5) is 11.5 Å². The van der Waals surface area contributed by atoms with E-state index in [0.29, 0.717) is 35.7 Å². The minimum atomic E-state index is -2.80. The average molecular weight is 437 g/mol. The molecule has 1 aromatic heterocycles. The van der Waals surface area contributed by atoms with E-state index < -0.39 is 10.6 Å². The number of nitrogens with two attached hydrogens (primary N) is 1. The van der Waals surface area contributed by atoms with E-state index in [4.69, 9.17) is 10.7 Å². The maximum atomic E-state index is 10.8. The lowest BCUT2D eigenvalue weighted by molar-refractivity contribution is 0.312. The molecule has 1 saturated carbocycles. The molecule has 7 heteroatoms. The van der Waals surface area contributed by atoms with Gasteiger partial charge in [-0.05, 0) is 36.5 Å². The second-order valence-corrected chi connectivity index (χ2v) is 11.3. The molecule has 6 nitrogen and oxygen atoms in total. The molecule has 0 radical (unpaired) electrons. The monoisotopic (exact) mass is 436 g/mol. The molecule has 31 heavy (non-hydrogen) atoms. The van der Waals surface area contributed by atoms with Crippen molar-refractivity contribution in [2.24, 2.45) is 11.7 Å². The van der Waals surface area contributed by atoms with Crippen molar-refractivity contribution in [2.75, 3.05) is 28.6 Å². The summed E-state index contributed by atoms with van der Waals surface area (Å²) in [7, 11) is -2.80. The molecule has 3 unspecified atom stereocenters. The van der Waals surface area contributed by atoms with E-state index in [0.717, 1.165) is 29.0 Å². The molecule has 4 heterocycles. The SMILES string of the molecule is Cc1cccc2c(N3CC4CC3C4N)cc(N3CCS(O)(O)c4ccccc4C3)nc12. The number of hydrogen-bond acceptors (Lipinski definition) is 6. The van der Waals surface area contributed by atoms with E-state index in [9.17, 15) is 9.11 Å². The van der Waals surface area contributed by atoms with Gasteiger partial charge < -0.3 is 15.5 Å². The molecule has 2 aromatic carbocycles. The van der Waals surface area contributed by atoms with E-state index >= 15 is 0 Å². The Bertz CT molecular complexity index is 1180. The molecule has 2 saturated heterocycles. The number of fused-ring (bicyclic) bond motifs is 3. The van der Waals surface area contributed by atoms with Crippen LogP contribution in [0, 0.1) is 12.8 Å². The molecule has 3 atom stereocenters. The number of aromatic nitrogens is 1. The highest BCUT2D eigenvalue weighted by Gasteiger charge is 2.50. The number of para-hydroxylation sites is 1. The number of pyridine rings is 1. The summed E-state index contributed by atoms with van der Waals surface area (Å²) in [5, 5.41) is 1.17. The topological polar surface area (TPSA) is 85.9 Å². The van der Waals surface area contributed by atoms with Crippen LogP contribution in [-0.2, 0) is 6.54 Å². The Morgan fingerprint density at radius 2 is 1.97 bits per heavy atom. The van der Waals surface area contributed by atoms with Crippen LogP contribution in [0.3, 0.4) is 0 Å². The summed E-state index contributed by atoms with van der Waals surface area (Å²) in [6.45, 7) is 4.27. The van der Waals surface area contributed by atoms with Crippen LogP contribution in [0.25, 0.3) is 10.9 Å². The molecule has 2 bridgehead atoms. The van der Waals surface area contributed by atoms with Gasteiger partial charge in [-0.25, -0.2) is 4.98 Å². The molecule has 3 aromatic rings. The second-order valence-electron chi connectivity index (χ2n) is 9.16. The van der Waals surface area contributed by atoms with Crippen LogP contribution in [0.1, 0.15) is 17.5 Å². The van der Waals surface area contributed by atoms with Crippen molar-refractivity contribution < 1.29 is 9.11 Å². The van der Waals surface area contributed by atoms with E-state index in [1.54, 1.807) is 0 Å². The first kappa shape index (κ1) is 19.4. The fourth-order valence-electron chi connectivity index (χ4n) is 5.48. The molecule has 1 aliphatic carbocycles. The van der Waals surface area contributed by atoms with E-state index in [1.165, 1.54) is 17.5 Å². The van der Waals surface area contributed by atoms with Crippen molar-refractivity contribution in [3.63, 3.8) is 0 Å². The fraction of sp³-hybridized carbons (Fsp3) is 0.375. The molecule has 4 aliphatic rings. The molecule has 4 N–H and O–H groups in total. The van der Waals surface area contributed by atoms with E-state index in [2.05, 4.69) is 41.0 Å². The molecular weight excluding hydrogens is 408 g/mol. The third-order valence-electron chi connectivity index (χ3n) is 7.34. The van der Waals surface area contributed by atoms with Crippen LogP contribution in [0.5, 0.6) is 0 Å². The average Bonchev–Trinajstić information content (AvgIpc) is 3.32. The van der Waals surface area contributed by atoms with Gasteiger partial charge in [-0.1, -0.05) is 36.4 Å². The van der Waals surface area contributed by atoms with Crippen LogP contribution >= 0.6 is 10.6 Å². The number of anilines is 2. The van der Waals surface area contributed by atoms with E-state index in [1.807, 2.05) is 24.3 Å². The normalized spacial score (nSPS) is 27.5. The van der Waals surface area contributed by atoms with Gasteiger partial charge in [-0.15, -0.1) is 0 Å². The van der Waals surface area contributed by atoms with Gasteiger partial charge in [0.2, 0.25) is 0 Å². The van der Waals surface area contributed by atoms with Gasteiger partial charge in [-0.2, -0.15) is 10.6 Å². The highest BCUT2D eigenvalue weighted by atomic mass is 32.3. The molecule has 0 amide bonds. The van der Waals surface area contributed by atoms with Crippen molar-refractivity contribution in [1.29, 1.82) is 0 Å². The molecular formula is C24H28N4O2S. The van der Waals surface area contributed by atoms with Crippen LogP contribution < -0.4 is 15.5 Å². The zero-order chi connectivity index (χ0) is 21.3. The maximum Gasteiger partial charge on any atom is 0.131 e. The largest absolute Gasteiger partial charge is 0.366 e. The quantitative estimate of drug-likeness (QED) is 0.558. The van der Waals surface area contributed by atoms with Crippen molar-refractivity contribution in [2.45, 2.75) is 36.9 Å². The van der Waals surface area contributed by atoms with Crippen molar-refractivity contribution >= 4 is 33.0 Å². The summed E-state index contributed by atoms with van der Waals surface area (Å²) in [5.41, 5.74) is 10.7. The van der Waals surface area contributed by atoms with Crippen LogP contribution in [-0.4, -0.2) is 45.0 Å². The third-order valence-corrected chi connectivity index (χ3v) is 9.19. The molecule has 3 aliphatic heterocycles. The number of aryl methyl sites for hydroxylation is 1. The number of nitrogens with zero attached hydrogens (tertiary/aromatic N) is 3. The lowest BCUT2D eigenvalue weighted by Gasteiger charge is -2.35. The number of benzene rings is 2. The van der Waals surface area contributed by atoms with Crippen molar-refractivity contribution in [3.8, 4) is 0 Å². The second kappa shape index (κ2) is 6.84. The van der Waals surface area contributed by atoms with E-state index in [-0.39, 0.29) is 6.04 Å². The lowest BCUT2D eigenvalue weighted by atomic mass is 9.81. The highest BCUT2D eigenvalue weighted by Crippen LogP contribution is 2.52. The number of hydrogen-bond donors (Lipinski definition) is 3.